The molecule has 0 aromatic heterocycles. The van der Waals surface area contributed by atoms with E-state index in [1.807, 2.05) is 12.3 Å². The normalized spacial score (nSPS) is 25.3. The van der Waals surface area contributed by atoms with Gasteiger partial charge in [0.25, 0.3) is 5.91 Å². The van der Waals surface area contributed by atoms with Crippen LogP contribution in [0.1, 0.15) is 49.9 Å². The average Bonchev–Trinajstić information content (AvgIpc) is 2.66. The number of hydrogen-bond acceptors (Lipinski definition) is 5. The van der Waals surface area contributed by atoms with Crippen molar-refractivity contribution in [2.24, 2.45) is 11.8 Å². The van der Waals surface area contributed by atoms with Crippen LogP contribution < -0.4 is 26.2 Å². The van der Waals surface area contributed by atoms with Crippen LogP contribution >= 0.6 is 0 Å². The van der Waals surface area contributed by atoms with E-state index in [1.54, 1.807) is 6.07 Å². The van der Waals surface area contributed by atoms with Crippen LogP contribution in [0.4, 0.5) is 14.9 Å². The number of nitrogen functional groups attached to an aromatic ring is 1. The van der Waals surface area contributed by atoms with Crippen molar-refractivity contribution in [1.82, 2.24) is 10.7 Å². The monoisotopic (exact) mass is 394 g/mol. The molecule has 0 radical (unpaired) electrons. The lowest BCUT2D eigenvalue weighted by Gasteiger charge is -2.43. The number of benzene rings is 1. The summed E-state index contributed by atoms with van der Waals surface area (Å²) in [6, 6.07) is 2.81. The maximum Gasteiger partial charge on any atom is 0.404 e. The zero-order chi connectivity index (χ0) is 20.4. The van der Waals surface area contributed by atoms with Gasteiger partial charge in [0.15, 0.2) is 11.6 Å². The van der Waals surface area contributed by atoms with E-state index < -0.39 is 17.8 Å². The lowest BCUT2D eigenvalue weighted by atomic mass is 9.81. The number of amides is 2. The molecule has 1 heterocycles. The van der Waals surface area contributed by atoms with Crippen molar-refractivity contribution >= 4 is 17.7 Å². The SMILES string of the molecule is CC1CN([C@@H](C)C2CCC(NC(=O)O)CC2)c2cc(C(=O)NN)cc(F)c2O1. The van der Waals surface area contributed by atoms with Gasteiger partial charge in [0.05, 0.1) is 12.2 Å². The van der Waals surface area contributed by atoms with Crippen molar-refractivity contribution < 1.29 is 23.8 Å². The van der Waals surface area contributed by atoms with Gasteiger partial charge in [-0.2, -0.15) is 0 Å². The highest BCUT2D eigenvalue weighted by molar-refractivity contribution is 5.95. The number of nitrogens with zero attached hydrogens (tertiary/aromatic N) is 1. The number of ether oxygens (including phenoxy) is 1. The van der Waals surface area contributed by atoms with Crippen LogP contribution in [0.5, 0.6) is 5.75 Å². The second-order valence-corrected chi connectivity index (χ2v) is 7.66. The van der Waals surface area contributed by atoms with Gasteiger partial charge in [0.1, 0.15) is 6.10 Å². The first kappa shape index (κ1) is 20.2. The molecule has 3 rings (SSSR count). The molecule has 1 aliphatic carbocycles. The van der Waals surface area contributed by atoms with Gasteiger partial charge in [-0.05, 0) is 57.6 Å². The number of rotatable bonds is 4. The van der Waals surface area contributed by atoms with Crippen molar-refractivity contribution in [3.63, 3.8) is 0 Å². The number of hydrogen-bond donors (Lipinski definition) is 4. The highest BCUT2D eigenvalue weighted by Gasteiger charge is 2.35. The second-order valence-electron chi connectivity index (χ2n) is 7.66. The summed E-state index contributed by atoms with van der Waals surface area (Å²) < 4.78 is 20.3. The van der Waals surface area contributed by atoms with Gasteiger partial charge in [-0.15, -0.1) is 0 Å². The Hall–Kier alpha value is -2.55. The van der Waals surface area contributed by atoms with E-state index in [9.17, 15) is 14.0 Å². The van der Waals surface area contributed by atoms with Crippen LogP contribution in [0, 0.1) is 11.7 Å². The highest BCUT2D eigenvalue weighted by atomic mass is 19.1. The molecule has 1 unspecified atom stereocenters. The number of carbonyl (C=O) groups excluding carboxylic acids is 1. The van der Waals surface area contributed by atoms with Gasteiger partial charge in [-0.1, -0.05) is 0 Å². The van der Waals surface area contributed by atoms with E-state index in [2.05, 4.69) is 17.1 Å². The summed E-state index contributed by atoms with van der Waals surface area (Å²) in [5.74, 6) is 4.53. The summed E-state index contributed by atoms with van der Waals surface area (Å²) in [5.41, 5.74) is 2.73. The average molecular weight is 394 g/mol. The number of fused-ring (bicyclic) bond motifs is 1. The molecule has 1 aromatic carbocycles. The smallest absolute Gasteiger partial charge is 0.404 e. The van der Waals surface area contributed by atoms with Gasteiger partial charge >= 0.3 is 6.09 Å². The Balaban J connectivity index is 1.82. The second kappa shape index (κ2) is 8.22. The number of carbonyl (C=O) groups is 2. The molecule has 8 nitrogen and oxygen atoms in total. The van der Waals surface area contributed by atoms with Crippen molar-refractivity contribution in [3.8, 4) is 5.75 Å². The zero-order valence-electron chi connectivity index (χ0n) is 16.1. The molecule has 1 fully saturated rings. The van der Waals surface area contributed by atoms with Gasteiger partial charge < -0.3 is 20.1 Å². The molecule has 0 bridgehead atoms. The molecule has 2 atom stereocenters. The zero-order valence-corrected chi connectivity index (χ0v) is 16.1. The lowest BCUT2D eigenvalue weighted by molar-refractivity contribution is 0.0952. The third-order valence-corrected chi connectivity index (χ3v) is 5.77. The third-order valence-electron chi connectivity index (χ3n) is 5.77. The van der Waals surface area contributed by atoms with E-state index in [4.69, 9.17) is 15.7 Å². The van der Waals surface area contributed by atoms with Crippen molar-refractivity contribution in [1.29, 1.82) is 0 Å². The number of nitrogens with one attached hydrogen (secondary N) is 2. The van der Waals surface area contributed by atoms with E-state index in [1.165, 1.54) is 0 Å². The van der Waals surface area contributed by atoms with Gasteiger partial charge in [0, 0.05) is 17.6 Å². The maximum atomic E-state index is 14.6. The molecular weight excluding hydrogens is 367 g/mol. The molecule has 9 heteroatoms. The van der Waals surface area contributed by atoms with E-state index in [-0.39, 0.29) is 29.5 Å². The molecule has 5 N–H and O–H groups in total. The Labute approximate surface area is 163 Å². The molecule has 1 saturated carbocycles. The third kappa shape index (κ3) is 4.14. The standard InChI is InChI=1S/C19H27FN4O4/c1-10-9-24(11(2)12-3-5-14(6-4-12)22-19(26)27)16-8-13(18(25)23-21)7-15(20)17(16)28-10/h7-8,10-12,14,22H,3-6,9,21H2,1-2H3,(H,23,25)(H,26,27)/t10?,11-,12?,14?/m0/s1. The lowest BCUT2D eigenvalue weighted by Crippen LogP contribution is -2.48. The molecule has 0 saturated heterocycles. The predicted molar refractivity (Wildman–Crippen MR) is 102 cm³/mol. The van der Waals surface area contributed by atoms with E-state index in [0.717, 1.165) is 31.7 Å². The topological polar surface area (TPSA) is 117 Å². The fraction of sp³-hybridized carbons (Fsp3) is 0.579. The van der Waals surface area contributed by atoms with Gasteiger partial charge in [-0.25, -0.2) is 15.0 Å². The van der Waals surface area contributed by atoms with Crippen LogP contribution in [0.15, 0.2) is 12.1 Å². The quantitative estimate of drug-likeness (QED) is 0.353. The van der Waals surface area contributed by atoms with Crippen molar-refractivity contribution in [3.05, 3.63) is 23.5 Å². The Morgan fingerprint density at radius 3 is 2.61 bits per heavy atom. The number of carboxylic acid groups (broad SMARTS) is 1. The molecule has 154 valence electrons. The summed E-state index contributed by atoms with van der Waals surface area (Å²) in [5, 5.41) is 11.4. The summed E-state index contributed by atoms with van der Waals surface area (Å²) in [7, 11) is 0. The molecule has 2 aliphatic rings. The Morgan fingerprint density at radius 1 is 1.32 bits per heavy atom. The van der Waals surface area contributed by atoms with Crippen LogP contribution in [-0.2, 0) is 0 Å². The molecule has 1 aliphatic heterocycles. The molecule has 28 heavy (non-hydrogen) atoms. The fourth-order valence-corrected chi connectivity index (χ4v) is 4.30. The van der Waals surface area contributed by atoms with Crippen LogP contribution in [-0.4, -0.2) is 41.8 Å². The van der Waals surface area contributed by atoms with Crippen molar-refractivity contribution in [2.75, 3.05) is 11.4 Å². The van der Waals surface area contributed by atoms with E-state index >= 15 is 0 Å². The molecule has 0 spiro atoms. The Bertz CT molecular complexity index is 752. The minimum absolute atomic E-state index is 0.0193. The largest absolute Gasteiger partial charge is 0.484 e. The summed E-state index contributed by atoms with van der Waals surface area (Å²) in [6.45, 7) is 4.55. The Morgan fingerprint density at radius 2 is 2.00 bits per heavy atom. The van der Waals surface area contributed by atoms with Crippen LogP contribution in [0.3, 0.4) is 0 Å². The first-order chi connectivity index (χ1) is 13.3. The summed E-state index contributed by atoms with van der Waals surface area (Å²) in [4.78, 5) is 24.8. The first-order valence-corrected chi connectivity index (χ1v) is 9.57. The van der Waals surface area contributed by atoms with Crippen molar-refractivity contribution in [2.45, 2.75) is 57.7 Å². The fourth-order valence-electron chi connectivity index (χ4n) is 4.30. The number of nitrogens with two attached hydrogens (primary N) is 1. The molecule has 2 amide bonds. The minimum Gasteiger partial charge on any atom is -0.484 e. The van der Waals surface area contributed by atoms with Crippen LogP contribution in [0.25, 0.3) is 0 Å². The predicted octanol–water partition coefficient (Wildman–Crippen LogP) is 2.23. The molecule has 1 aromatic rings. The number of halogens is 1. The number of hydrazine groups is 1. The first-order valence-electron chi connectivity index (χ1n) is 9.57. The number of anilines is 1. The summed E-state index contributed by atoms with van der Waals surface area (Å²) >= 11 is 0. The summed E-state index contributed by atoms with van der Waals surface area (Å²) in [6.07, 6.45) is 2.12. The molecular formula is C19H27FN4O4. The van der Waals surface area contributed by atoms with Gasteiger partial charge in [-0.3, -0.25) is 10.2 Å². The highest BCUT2D eigenvalue weighted by Crippen LogP contribution is 2.41. The minimum atomic E-state index is -0.992. The van der Waals surface area contributed by atoms with Gasteiger partial charge in [0.2, 0.25) is 0 Å². The van der Waals surface area contributed by atoms with Crippen LogP contribution in [0.2, 0.25) is 0 Å². The van der Waals surface area contributed by atoms with E-state index in [0.29, 0.717) is 18.2 Å². The Kier molecular flexibility index (Phi) is 5.93. The maximum absolute atomic E-state index is 14.6.